The van der Waals surface area contributed by atoms with Crippen molar-refractivity contribution in [2.45, 2.75) is 24.6 Å². The lowest BCUT2D eigenvalue weighted by atomic mass is 9.90. The van der Waals surface area contributed by atoms with Crippen LogP contribution in [0.15, 0.2) is 34.7 Å². The van der Waals surface area contributed by atoms with Gasteiger partial charge in [0.25, 0.3) is 5.91 Å². The Morgan fingerprint density at radius 1 is 1.23 bits per heavy atom. The summed E-state index contributed by atoms with van der Waals surface area (Å²) in [6.45, 7) is -0.322. The number of likely N-dealkylation sites (tertiary alicyclic amines) is 1. The molecule has 0 unspecified atom stereocenters. The SMILES string of the molecule is O=C(c1cc2ccccc2o1)N1CCC(O)(C(F)(F)F)CC1. The van der Waals surface area contributed by atoms with Gasteiger partial charge in [0.2, 0.25) is 0 Å². The van der Waals surface area contributed by atoms with E-state index in [-0.39, 0.29) is 18.8 Å². The van der Waals surface area contributed by atoms with Crippen LogP contribution < -0.4 is 0 Å². The number of carbonyl (C=O) groups is 1. The highest BCUT2D eigenvalue weighted by Gasteiger charge is 2.55. The number of aliphatic hydroxyl groups is 1. The summed E-state index contributed by atoms with van der Waals surface area (Å²) in [6, 6.07) is 8.64. The molecule has 1 aliphatic heterocycles. The van der Waals surface area contributed by atoms with Crippen molar-refractivity contribution in [3.63, 3.8) is 0 Å². The maximum absolute atomic E-state index is 12.7. The molecule has 1 fully saturated rings. The number of para-hydroxylation sites is 1. The molecule has 1 amide bonds. The first-order chi connectivity index (χ1) is 10.3. The lowest BCUT2D eigenvalue weighted by Gasteiger charge is -2.38. The molecule has 0 atom stereocenters. The number of halogens is 3. The van der Waals surface area contributed by atoms with Gasteiger partial charge in [0.1, 0.15) is 5.58 Å². The van der Waals surface area contributed by atoms with Crippen LogP contribution in [0.1, 0.15) is 23.4 Å². The van der Waals surface area contributed by atoms with E-state index in [1.807, 2.05) is 0 Å². The van der Waals surface area contributed by atoms with E-state index in [2.05, 4.69) is 0 Å². The second-order valence-corrected chi connectivity index (χ2v) is 5.47. The number of carbonyl (C=O) groups excluding carboxylic acids is 1. The molecule has 1 saturated heterocycles. The number of piperidine rings is 1. The Morgan fingerprint density at radius 2 is 1.86 bits per heavy atom. The predicted molar refractivity (Wildman–Crippen MR) is 72.4 cm³/mol. The summed E-state index contributed by atoms with van der Waals surface area (Å²) in [4.78, 5) is 13.6. The van der Waals surface area contributed by atoms with Gasteiger partial charge in [0.05, 0.1) is 0 Å². The molecule has 0 radical (unpaired) electrons. The smallest absolute Gasteiger partial charge is 0.417 e. The fourth-order valence-electron chi connectivity index (χ4n) is 2.61. The van der Waals surface area contributed by atoms with Crippen molar-refractivity contribution < 1.29 is 27.5 Å². The molecular formula is C15H14F3NO3. The largest absolute Gasteiger partial charge is 0.451 e. The summed E-state index contributed by atoms with van der Waals surface area (Å²) in [5, 5.41) is 10.4. The molecule has 7 heteroatoms. The number of alkyl halides is 3. The fourth-order valence-corrected chi connectivity index (χ4v) is 2.61. The molecule has 0 bridgehead atoms. The lowest BCUT2D eigenvalue weighted by Crippen LogP contribution is -2.54. The van der Waals surface area contributed by atoms with E-state index < -0.39 is 30.5 Å². The summed E-state index contributed by atoms with van der Waals surface area (Å²) in [5.74, 6) is -0.362. The third-order valence-corrected chi connectivity index (χ3v) is 4.04. The van der Waals surface area contributed by atoms with Gasteiger partial charge in [-0.25, -0.2) is 0 Å². The van der Waals surface area contributed by atoms with E-state index in [4.69, 9.17) is 4.42 Å². The fraction of sp³-hybridized carbons (Fsp3) is 0.400. The number of hydrogen-bond donors (Lipinski definition) is 1. The van der Waals surface area contributed by atoms with Crippen molar-refractivity contribution in [3.8, 4) is 0 Å². The van der Waals surface area contributed by atoms with Crippen molar-refractivity contribution in [3.05, 3.63) is 36.1 Å². The molecule has 2 aromatic rings. The highest BCUT2D eigenvalue weighted by Crippen LogP contribution is 2.38. The second-order valence-electron chi connectivity index (χ2n) is 5.47. The van der Waals surface area contributed by atoms with Gasteiger partial charge in [-0.3, -0.25) is 4.79 Å². The van der Waals surface area contributed by atoms with Crippen LogP contribution in [-0.2, 0) is 0 Å². The minimum atomic E-state index is -4.68. The van der Waals surface area contributed by atoms with Crippen LogP contribution in [-0.4, -0.2) is 40.8 Å². The van der Waals surface area contributed by atoms with Crippen LogP contribution in [0.3, 0.4) is 0 Å². The first-order valence-corrected chi connectivity index (χ1v) is 6.87. The number of rotatable bonds is 1. The molecule has 0 spiro atoms. The monoisotopic (exact) mass is 313 g/mol. The number of amides is 1. The van der Waals surface area contributed by atoms with Gasteiger partial charge in [0, 0.05) is 31.3 Å². The van der Waals surface area contributed by atoms with E-state index in [1.165, 1.54) is 4.90 Å². The Hall–Kier alpha value is -2.02. The Bertz CT molecular complexity index is 666. The van der Waals surface area contributed by atoms with Crippen LogP contribution in [0.5, 0.6) is 0 Å². The molecule has 22 heavy (non-hydrogen) atoms. The highest BCUT2D eigenvalue weighted by atomic mass is 19.4. The van der Waals surface area contributed by atoms with E-state index >= 15 is 0 Å². The molecule has 1 aromatic heterocycles. The van der Waals surface area contributed by atoms with Crippen molar-refractivity contribution in [2.24, 2.45) is 0 Å². The normalized spacial score (nSPS) is 18.6. The molecule has 4 nitrogen and oxygen atoms in total. The summed E-state index contributed by atoms with van der Waals surface area (Å²) >= 11 is 0. The van der Waals surface area contributed by atoms with Crippen LogP contribution in [0, 0.1) is 0 Å². The summed E-state index contributed by atoms with van der Waals surface area (Å²) in [5.41, 5.74) is -2.16. The zero-order valence-electron chi connectivity index (χ0n) is 11.6. The van der Waals surface area contributed by atoms with Crippen LogP contribution in [0.4, 0.5) is 13.2 Å². The van der Waals surface area contributed by atoms with Gasteiger partial charge in [-0.1, -0.05) is 18.2 Å². The number of benzene rings is 1. The number of nitrogens with zero attached hydrogens (tertiary/aromatic N) is 1. The Balaban J connectivity index is 1.75. The van der Waals surface area contributed by atoms with Crippen molar-refractivity contribution in [2.75, 3.05) is 13.1 Å². The predicted octanol–water partition coefficient (Wildman–Crippen LogP) is 2.96. The van der Waals surface area contributed by atoms with E-state index in [0.29, 0.717) is 5.58 Å². The zero-order chi connectivity index (χ0) is 16.0. The van der Waals surface area contributed by atoms with Gasteiger partial charge in [-0.2, -0.15) is 13.2 Å². The Kier molecular flexibility index (Phi) is 3.40. The molecule has 0 saturated carbocycles. The quantitative estimate of drug-likeness (QED) is 0.880. The molecule has 118 valence electrons. The van der Waals surface area contributed by atoms with Gasteiger partial charge >= 0.3 is 6.18 Å². The minimum absolute atomic E-state index is 0.0960. The van der Waals surface area contributed by atoms with Crippen molar-refractivity contribution in [1.82, 2.24) is 4.90 Å². The van der Waals surface area contributed by atoms with E-state index in [9.17, 15) is 23.1 Å². The summed E-state index contributed by atoms with van der Waals surface area (Å²) < 4.78 is 43.7. The molecule has 1 aromatic carbocycles. The lowest BCUT2D eigenvalue weighted by molar-refractivity contribution is -0.271. The van der Waals surface area contributed by atoms with Crippen LogP contribution >= 0.6 is 0 Å². The molecule has 1 N–H and O–H groups in total. The minimum Gasteiger partial charge on any atom is -0.451 e. The topological polar surface area (TPSA) is 53.7 Å². The van der Waals surface area contributed by atoms with Crippen molar-refractivity contribution >= 4 is 16.9 Å². The number of hydrogen-bond acceptors (Lipinski definition) is 3. The van der Waals surface area contributed by atoms with E-state index in [1.54, 1.807) is 30.3 Å². The van der Waals surface area contributed by atoms with Gasteiger partial charge < -0.3 is 14.4 Å². The average molecular weight is 313 g/mol. The number of furan rings is 1. The first kappa shape index (κ1) is 14.9. The van der Waals surface area contributed by atoms with Crippen LogP contribution in [0.25, 0.3) is 11.0 Å². The second kappa shape index (κ2) is 5.01. The molecule has 3 rings (SSSR count). The average Bonchev–Trinajstić information content (AvgIpc) is 2.90. The molecule has 0 aliphatic carbocycles. The Labute approximate surface area is 124 Å². The summed E-state index contributed by atoms with van der Waals surface area (Å²) in [7, 11) is 0. The third kappa shape index (κ3) is 2.45. The maximum Gasteiger partial charge on any atom is 0.417 e. The first-order valence-electron chi connectivity index (χ1n) is 6.87. The summed E-state index contributed by atoms with van der Waals surface area (Å²) in [6.07, 6.45) is -5.73. The van der Waals surface area contributed by atoms with Gasteiger partial charge in [-0.05, 0) is 12.1 Å². The zero-order valence-corrected chi connectivity index (χ0v) is 11.6. The Morgan fingerprint density at radius 3 is 2.45 bits per heavy atom. The van der Waals surface area contributed by atoms with Crippen LogP contribution in [0.2, 0.25) is 0 Å². The molecule has 1 aliphatic rings. The number of fused-ring (bicyclic) bond motifs is 1. The van der Waals surface area contributed by atoms with Gasteiger partial charge in [-0.15, -0.1) is 0 Å². The standard InChI is InChI=1S/C15H14F3NO3/c16-15(17,18)14(21)5-7-19(8-6-14)13(20)12-9-10-3-1-2-4-11(10)22-12/h1-4,9,21H,5-8H2. The van der Waals surface area contributed by atoms with Gasteiger partial charge in [0.15, 0.2) is 11.4 Å². The third-order valence-electron chi connectivity index (χ3n) is 4.04. The molecule has 2 heterocycles. The molecular weight excluding hydrogens is 299 g/mol. The van der Waals surface area contributed by atoms with E-state index in [0.717, 1.165) is 5.39 Å². The highest BCUT2D eigenvalue weighted by molar-refractivity contribution is 5.96. The van der Waals surface area contributed by atoms with Crippen molar-refractivity contribution in [1.29, 1.82) is 0 Å². The maximum atomic E-state index is 12.7.